The van der Waals surface area contributed by atoms with E-state index in [0.29, 0.717) is 18.4 Å². The summed E-state index contributed by atoms with van der Waals surface area (Å²) < 4.78 is 0. The number of carbonyl (C=O) groups is 1. The fourth-order valence-corrected chi connectivity index (χ4v) is 2.62. The van der Waals surface area contributed by atoms with Crippen molar-refractivity contribution in [1.82, 2.24) is 10.3 Å². The number of hydrogen-bond donors (Lipinski definition) is 3. The molecule has 0 spiro atoms. The van der Waals surface area contributed by atoms with Gasteiger partial charge in [0.05, 0.1) is 11.6 Å². The SMILES string of the molecule is N#Cc1ccc2[nH]c3c(c2c1)CC(NC(=O)O)C3. The Morgan fingerprint density at radius 3 is 3.06 bits per heavy atom. The van der Waals surface area contributed by atoms with E-state index in [1.54, 1.807) is 6.07 Å². The first-order chi connectivity index (χ1) is 8.67. The summed E-state index contributed by atoms with van der Waals surface area (Å²) in [7, 11) is 0. The molecule has 0 aliphatic heterocycles. The summed E-state index contributed by atoms with van der Waals surface area (Å²) >= 11 is 0. The smallest absolute Gasteiger partial charge is 0.404 e. The number of nitriles is 1. The van der Waals surface area contributed by atoms with Crippen LogP contribution in [0.2, 0.25) is 0 Å². The lowest BCUT2D eigenvalue weighted by Crippen LogP contribution is -2.34. The van der Waals surface area contributed by atoms with E-state index >= 15 is 0 Å². The Morgan fingerprint density at radius 2 is 2.33 bits per heavy atom. The molecule has 1 aromatic heterocycles. The van der Waals surface area contributed by atoms with E-state index in [0.717, 1.165) is 22.2 Å². The molecule has 1 aromatic carbocycles. The third-order valence-corrected chi connectivity index (χ3v) is 3.35. The molecule has 3 N–H and O–H groups in total. The van der Waals surface area contributed by atoms with Crippen LogP contribution in [0.25, 0.3) is 10.9 Å². The van der Waals surface area contributed by atoms with Gasteiger partial charge in [-0.15, -0.1) is 0 Å². The predicted octanol–water partition coefficient (Wildman–Crippen LogP) is 1.77. The first kappa shape index (κ1) is 10.7. The van der Waals surface area contributed by atoms with Gasteiger partial charge in [-0.25, -0.2) is 4.79 Å². The van der Waals surface area contributed by atoms with Gasteiger partial charge in [-0.05, 0) is 30.2 Å². The molecule has 0 saturated heterocycles. The monoisotopic (exact) mass is 241 g/mol. The average molecular weight is 241 g/mol. The molecule has 1 amide bonds. The molecule has 1 aliphatic carbocycles. The van der Waals surface area contributed by atoms with Crippen molar-refractivity contribution in [1.29, 1.82) is 5.26 Å². The Balaban J connectivity index is 2.00. The number of aromatic nitrogens is 1. The summed E-state index contributed by atoms with van der Waals surface area (Å²) in [5.41, 5.74) is 3.83. The Bertz CT molecular complexity index is 681. The molecular formula is C13H11N3O2. The molecule has 5 nitrogen and oxygen atoms in total. The second kappa shape index (κ2) is 3.77. The summed E-state index contributed by atoms with van der Waals surface area (Å²) in [5, 5.41) is 21.2. The zero-order valence-electron chi connectivity index (χ0n) is 9.53. The second-order valence-electron chi connectivity index (χ2n) is 4.51. The lowest BCUT2D eigenvalue weighted by atomic mass is 10.1. The van der Waals surface area contributed by atoms with Crippen LogP contribution in [0.1, 0.15) is 16.8 Å². The fraction of sp³-hybridized carbons (Fsp3) is 0.231. The van der Waals surface area contributed by atoms with Gasteiger partial charge in [0.15, 0.2) is 0 Å². The quantitative estimate of drug-likeness (QED) is 0.710. The van der Waals surface area contributed by atoms with Gasteiger partial charge in [-0.2, -0.15) is 5.26 Å². The number of H-pyrrole nitrogens is 1. The molecule has 0 radical (unpaired) electrons. The lowest BCUT2D eigenvalue weighted by molar-refractivity contribution is 0.190. The summed E-state index contributed by atoms with van der Waals surface area (Å²) in [6.45, 7) is 0. The molecule has 3 rings (SSSR count). The Hall–Kier alpha value is -2.48. The van der Waals surface area contributed by atoms with Crippen LogP contribution < -0.4 is 5.32 Å². The van der Waals surface area contributed by atoms with Crippen molar-refractivity contribution in [2.45, 2.75) is 18.9 Å². The van der Waals surface area contributed by atoms with Gasteiger partial charge in [0.25, 0.3) is 0 Å². The van der Waals surface area contributed by atoms with Gasteiger partial charge in [0, 0.05) is 29.1 Å². The topological polar surface area (TPSA) is 88.9 Å². The number of fused-ring (bicyclic) bond motifs is 3. The van der Waals surface area contributed by atoms with E-state index in [-0.39, 0.29) is 6.04 Å². The van der Waals surface area contributed by atoms with Crippen LogP contribution in [0.15, 0.2) is 18.2 Å². The van der Waals surface area contributed by atoms with Crippen LogP contribution >= 0.6 is 0 Å². The summed E-state index contributed by atoms with van der Waals surface area (Å²) in [6.07, 6.45) is 0.363. The average Bonchev–Trinajstić information content (AvgIpc) is 2.84. The summed E-state index contributed by atoms with van der Waals surface area (Å²) in [5.74, 6) is 0. The molecular weight excluding hydrogens is 230 g/mol. The normalized spacial score (nSPS) is 17.4. The second-order valence-corrected chi connectivity index (χ2v) is 4.51. The van der Waals surface area contributed by atoms with Gasteiger partial charge >= 0.3 is 6.09 Å². The highest BCUT2D eigenvalue weighted by Crippen LogP contribution is 2.30. The van der Waals surface area contributed by atoms with E-state index in [1.165, 1.54) is 0 Å². The van der Waals surface area contributed by atoms with Crippen molar-refractivity contribution < 1.29 is 9.90 Å². The predicted molar refractivity (Wildman–Crippen MR) is 65.4 cm³/mol. The van der Waals surface area contributed by atoms with Crippen molar-refractivity contribution in [2.24, 2.45) is 0 Å². The zero-order valence-corrected chi connectivity index (χ0v) is 9.53. The molecule has 90 valence electrons. The Labute approximate surface area is 103 Å². The molecule has 18 heavy (non-hydrogen) atoms. The largest absolute Gasteiger partial charge is 0.465 e. The molecule has 1 unspecified atom stereocenters. The van der Waals surface area contributed by atoms with Crippen molar-refractivity contribution >= 4 is 17.0 Å². The van der Waals surface area contributed by atoms with E-state index in [2.05, 4.69) is 16.4 Å². The van der Waals surface area contributed by atoms with Gasteiger partial charge in [-0.3, -0.25) is 0 Å². The number of nitrogens with zero attached hydrogens (tertiary/aromatic N) is 1. The molecule has 2 aromatic rings. The first-order valence-electron chi connectivity index (χ1n) is 5.70. The van der Waals surface area contributed by atoms with Gasteiger partial charge < -0.3 is 15.4 Å². The van der Waals surface area contributed by atoms with E-state index < -0.39 is 6.09 Å². The number of hydrogen-bond acceptors (Lipinski definition) is 2. The van der Waals surface area contributed by atoms with Gasteiger partial charge in [0.2, 0.25) is 0 Å². The summed E-state index contributed by atoms with van der Waals surface area (Å²) in [4.78, 5) is 13.9. The Kier molecular flexibility index (Phi) is 2.23. The van der Waals surface area contributed by atoms with Gasteiger partial charge in [0.1, 0.15) is 0 Å². The van der Waals surface area contributed by atoms with Crippen LogP contribution in [0.4, 0.5) is 4.79 Å². The number of aromatic amines is 1. The number of amides is 1. The maximum absolute atomic E-state index is 10.6. The van der Waals surface area contributed by atoms with Crippen molar-refractivity contribution in [3.05, 3.63) is 35.0 Å². The zero-order chi connectivity index (χ0) is 12.7. The molecule has 0 bridgehead atoms. The van der Waals surface area contributed by atoms with Crippen molar-refractivity contribution in [3.63, 3.8) is 0 Å². The van der Waals surface area contributed by atoms with Crippen LogP contribution in [0.3, 0.4) is 0 Å². The number of carboxylic acid groups (broad SMARTS) is 1. The van der Waals surface area contributed by atoms with Crippen LogP contribution in [0, 0.1) is 11.3 Å². The highest BCUT2D eigenvalue weighted by atomic mass is 16.4. The first-order valence-corrected chi connectivity index (χ1v) is 5.70. The summed E-state index contributed by atoms with van der Waals surface area (Å²) in [6, 6.07) is 7.58. The van der Waals surface area contributed by atoms with E-state index in [9.17, 15) is 4.79 Å². The van der Waals surface area contributed by atoms with Crippen molar-refractivity contribution in [2.75, 3.05) is 0 Å². The highest BCUT2D eigenvalue weighted by Gasteiger charge is 2.26. The minimum Gasteiger partial charge on any atom is -0.465 e. The minimum atomic E-state index is -0.993. The van der Waals surface area contributed by atoms with Gasteiger partial charge in [-0.1, -0.05) is 0 Å². The third-order valence-electron chi connectivity index (χ3n) is 3.35. The molecule has 1 heterocycles. The minimum absolute atomic E-state index is 0.0705. The highest BCUT2D eigenvalue weighted by molar-refractivity contribution is 5.86. The van der Waals surface area contributed by atoms with E-state index in [1.807, 2.05) is 12.1 Å². The maximum Gasteiger partial charge on any atom is 0.404 e. The molecule has 0 saturated carbocycles. The van der Waals surface area contributed by atoms with Crippen LogP contribution in [-0.2, 0) is 12.8 Å². The standard InChI is InChI=1S/C13H11N3O2/c14-6-7-1-2-11-9(3-7)10-4-8(15-13(17)18)5-12(10)16-11/h1-3,8,15-16H,4-5H2,(H,17,18). The third kappa shape index (κ3) is 1.59. The lowest BCUT2D eigenvalue weighted by Gasteiger charge is -2.08. The molecule has 1 aliphatic rings. The molecule has 1 atom stereocenters. The molecule has 5 heteroatoms. The number of benzene rings is 1. The van der Waals surface area contributed by atoms with Crippen LogP contribution in [0.5, 0.6) is 0 Å². The molecule has 0 fully saturated rings. The Morgan fingerprint density at radius 1 is 1.50 bits per heavy atom. The van der Waals surface area contributed by atoms with E-state index in [4.69, 9.17) is 10.4 Å². The number of rotatable bonds is 1. The number of nitrogens with one attached hydrogen (secondary N) is 2. The van der Waals surface area contributed by atoms with Crippen molar-refractivity contribution in [3.8, 4) is 6.07 Å². The van der Waals surface area contributed by atoms with Crippen LogP contribution in [-0.4, -0.2) is 22.2 Å². The fourth-order valence-electron chi connectivity index (χ4n) is 2.62. The maximum atomic E-state index is 10.6.